The fraction of sp³-hybridized carbons (Fsp3) is 0.238. The Morgan fingerprint density at radius 1 is 1.00 bits per heavy atom. The number of esters is 1. The van der Waals surface area contributed by atoms with Crippen molar-refractivity contribution in [3.05, 3.63) is 56.2 Å². The second-order valence-electron chi connectivity index (χ2n) is 6.90. The zero-order valence-electron chi connectivity index (χ0n) is 16.8. The Hall–Kier alpha value is -2.95. The molecular formula is C21H21IO8. The van der Waals surface area contributed by atoms with Crippen molar-refractivity contribution >= 4 is 47.1 Å². The summed E-state index contributed by atoms with van der Waals surface area (Å²) in [5.74, 6) is -1.67. The van der Waals surface area contributed by atoms with Gasteiger partial charge in [0.25, 0.3) is 0 Å². The van der Waals surface area contributed by atoms with Crippen molar-refractivity contribution in [3.63, 3.8) is 0 Å². The minimum atomic E-state index is -1.25. The Labute approximate surface area is 187 Å². The first-order valence-electron chi connectivity index (χ1n) is 8.51. The molecule has 0 heterocycles. The van der Waals surface area contributed by atoms with Gasteiger partial charge in [0.05, 0.1) is 10.7 Å². The number of aldehydes is 2. The highest BCUT2D eigenvalue weighted by atomic mass is 127. The number of carbonyl (C=O) groups excluding carboxylic acids is 3. The molecule has 0 fully saturated rings. The number of hydrogen-bond donors (Lipinski definition) is 2. The van der Waals surface area contributed by atoms with Crippen LogP contribution >= 0.6 is 22.6 Å². The number of aromatic hydroxyl groups is 1. The summed E-state index contributed by atoms with van der Waals surface area (Å²) in [4.78, 5) is 43.5. The van der Waals surface area contributed by atoms with Gasteiger partial charge in [0, 0.05) is 11.1 Å². The Kier molecular flexibility index (Phi) is 8.96. The van der Waals surface area contributed by atoms with Gasteiger partial charge in [-0.15, -0.1) is 0 Å². The lowest BCUT2D eigenvalue weighted by molar-refractivity contribution is 0.00660. The molecule has 0 aliphatic rings. The van der Waals surface area contributed by atoms with Gasteiger partial charge in [-0.1, -0.05) is 0 Å². The molecule has 0 bridgehead atoms. The van der Waals surface area contributed by atoms with E-state index in [0.29, 0.717) is 27.5 Å². The van der Waals surface area contributed by atoms with Crippen LogP contribution in [0, 0.1) is 3.57 Å². The first-order chi connectivity index (χ1) is 13.9. The smallest absolute Gasteiger partial charge is 0.342 e. The van der Waals surface area contributed by atoms with Gasteiger partial charge in [0.2, 0.25) is 0 Å². The SMILES string of the molecule is COc1c(I)cc(C=O)cc1C(=O)OC(C)(C)C.O=Cc1ccc(O)c(C(=O)O)c1. The molecule has 0 atom stereocenters. The Morgan fingerprint density at radius 3 is 2.03 bits per heavy atom. The highest BCUT2D eigenvalue weighted by molar-refractivity contribution is 14.1. The molecule has 0 saturated heterocycles. The van der Waals surface area contributed by atoms with Crippen LogP contribution in [0.1, 0.15) is 62.2 Å². The summed E-state index contributed by atoms with van der Waals surface area (Å²) >= 11 is 2.01. The van der Waals surface area contributed by atoms with Crippen molar-refractivity contribution in [2.24, 2.45) is 0 Å². The van der Waals surface area contributed by atoms with Gasteiger partial charge in [0.1, 0.15) is 40.8 Å². The zero-order chi connectivity index (χ0) is 23.1. The number of benzene rings is 2. The van der Waals surface area contributed by atoms with Gasteiger partial charge in [0.15, 0.2) is 0 Å². The fourth-order valence-electron chi connectivity index (χ4n) is 2.17. The van der Waals surface area contributed by atoms with Crippen molar-refractivity contribution in [2.75, 3.05) is 7.11 Å². The molecule has 8 nitrogen and oxygen atoms in total. The predicted molar refractivity (Wildman–Crippen MR) is 117 cm³/mol. The van der Waals surface area contributed by atoms with Crippen LogP contribution in [0.2, 0.25) is 0 Å². The summed E-state index contributed by atoms with van der Waals surface area (Å²) < 4.78 is 11.2. The van der Waals surface area contributed by atoms with Gasteiger partial charge < -0.3 is 19.7 Å². The summed E-state index contributed by atoms with van der Waals surface area (Å²) in [5, 5.41) is 17.5. The predicted octanol–water partition coefficient (Wildman–Crippen LogP) is 3.97. The zero-order valence-corrected chi connectivity index (χ0v) is 18.9. The molecular weight excluding hydrogens is 507 g/mol. The summed E-state index contributed by atoms with van der Waals surface area (Å²) in [5.41, 5.74) is 0.0531. The van der Waals surface area contributed by atoms with Gasteiger partial charge in [-0.25, -0.2) is 9.59 Å². The van der Waals surface area contributed by atoms with Crippen molar-refractivity contribution in [1.29, 1.82) is 0 Å². The molecule has 9 heteroatoms. The second-order valence-corrected chi connectivity index (χ2v) is 8.07. The molecule has 2 aromatic carbocycles. The number of phenols is 1. The van der Waals surface area contributed by atoms with E-state index in [0.717, 1.165) is 6.07 Å². The molecule has 0 spiro atoms. The third-order valence-electron chi connectivity index (χ3n) is 3.41. The van der Waals surface area contributed by atoms with Gasteiger partial charge in [-0.05, 0) is 73.7 Å². The molecule has 0 aliphatic carbocycles. The fourth-order valence-corrected chi connectivity index (χ4v) is 3.04. The van der Waals surface area contributed by atoms with Crippen LogP contribution in [0.5, 0.6) is 11.5 Å². The number of carboxylic acids is 1. The normalized spacial score (nSPS) is 10.3. The van der Waals surface area contributed by atoms with Crippen LogP contribution in [0.4, 0.5) is 0 Å². The maximum Gasteiger partial charge on any atom is 0.342 e. The Balaban J connectivity index is 0.000000325. The van der Waals surface area contributed by atoms with Crippen molar-refractivity contribution in [1.82, 2.24) is 0 Å². The summed E-state index contributed by atoms with van der Waals surface area (Å²) in [7, 11) is 1.48. The average molecular weight is 528 g/mol. The van der Waals surface area contributed by atoms with Crippen LogP contribution in [-0.2, 0) is 4.74 Å². The first kappa shape index (κ1) is 25.1. The van der Waals surface area contributed by atoms with E-state index in [1.807, 2.05) is 22.6 Å². The molecule has 0 unspecified atom stereocenters. The van der Waals surface area contributed by atoms with Crippen LogP contribution in [-0.4, -0.2) is 47.4 Å². The van der Waals surface area contributed by atoms with Crippen LogP contribution in [0.15, 0.2) is 30.3 Å². The maximum absolute atomic E-state index is 12.0. The molecule has 30 heavy (non-hydrogen) atoms. The highest BCUT2D eigenvalue weighted by Crippen LogP contribution is 2.28. The van der Waals surface area contributed by atoms with Crippen molar-refractivity contribution in [2.45, 2.75) is 26.4 Å². The summed E-state index contributed by atoms with van der Waals surface area (Å²) in [6.07, 6.45) is 1.21. The van der Waals surface area contributed by atoms with Crippen molar-refractivity contribution in [3.8, 4) is 11.5 Å². The lowest BCUT2D eigenvalue weighted by atomic mass is 10.1. The molecule has 0 amide bonds. The van der Waals surface area contributed by atoms with E-state index in [4.69, 9.17) is 19.7 Å². The molecule has 0 radical (unpaired) electrons. The molecule has 0 aliphatic heterocycles. The van der Waals surface area contributed by atoms with Gasteiger partial charge in [-0.2, -0.15) is 0 Å². The summed E-state index contributed by atoms with van der Waals surface area (Å²) in [6.45, 7) is 5.35. The minimum Gasteiger partial charge on any atom is -0.507 e. The number of ether oxygens (including phenoxy) is 2. The molecule has 160 valence electrons. The van der Waals surface area contributed by atoms with E-state index in [1.54, 1.807) is 26.8 Å². The Morgan fingerprint density at radius 2 is 1.57 bits per heavy atom. The van der Waals surface area contributed by atoms with E-state index < -0.39 is 17.5 Å². The number of rotatable bonds is 5. The van der Waals surface area contributed by atoms with E-state index in [9.17, 15) is 19.2 Å². The van der Waals surface area contributed by atoms with Crippen LogP contribution < -0.4 is 4.74 Å². The van der Waals surface area contributed by atoms with Gasteiger partial charge in [-0.3, -0.25) is 9.59 Å². The number of methoxy groups -OCH3 is 1. The number of carbonyl (C=O) groups is 4. The van der Waals surface area contributed by atoms with Crippen LogP contribution in [0.25, 0.3) is 0 Å². The lowest BCUT2D eigenvalue weighted by Gasteiger charge is -2.20. The molecule has 0 aromatic heterocycles. The quantitative estimate of drug-likeness (QED) is 0.339. The highest BCUT2D eigenvalue weighted by Gasteiger charge is 2.23. The average Bonchev–Trinajstić information content (AvgIpc) is 2.66. The van der Waals surface area contributed by atoms with E-state index in [1.165, 1.54) is 25.3 Å². The lowest BCUT2D eigenvalue weighted by Crippen LogP contribution is -2.24. The minimum absolute atomic E-state index is 0.227. The number of aromatic carboxylic acids is 1. The molecule has 0 saturated carbocycles. The first-order valence-corrected chi connectivity index (χ1v) is 9.59. The maximum atomic E-state index is 12.0. The van der Waals surface area contributed by atoms with Crippen LogP contribution in [0.3, 0.4) is 0 Å². The van der Waals surface area contributed by atoms with E-state index in [-0.39, 0.29) is 22.4 Å². The molecule has 2 rings (SSSR count). The monoisotopic (exact) mass is 528 g/mol. The van der Waals surface area contributed by atoms with Crippen molar-refractivity contribution < 1.29 is 38.9 Å². The number of halogens is 1. The second kappa shape index (κ2) is 10.7. The summed E-state index contributed by atoms with van der Waals surface area (Å²) in [6, 6.07) is 6.76. The third-order valence-corrected chi connectivity index (χ3v) is 4.21. The van der Waals surface area contributed by atoms with Gasteiger partial charge >= 0.3 is 11.9 Å². The Bertz CT molecular complexity index is 960. The van der Waals surface area contributed by atoms with E-state index in [2.05, 4.69) is 0 Å². The standard InChI is InChI=1S/C13H15IO4.C8H6O4/c1-13(2,3)18-12(16)9-5-8(7-15)6-10(14)11(9)17-4;9-4-5-1-2-7(10)6(3-5)8(11)12/h5-7H,1-4H3;1-4,10H,(H,11,12). The topological polar surface area (TPSA) is 127 Å². The third kappa shape index (κ3) is 7.14. The molecule has 2 aromatic rings. The van der Waals surface area contributed by atoms with E-state index >= 15 is 0 Å². The number of carboxylic acid groups (broad SMARTS) is 1. The number of hydrogen-bond acceptors (Lipinski definition) is 7. The molecule has 2 N–H and O–H groups in total. The largest absolute Gasteiger partial charge is 0.507 e.